The topological polar surface area (TPSA) is 0 Å². The highest BCUT2D eigenvalue weighted by molar-refractivity contribution is 7.23. The standard InChI is InChI=1S/C24H18S2/c1-15-5-3-7-17(9-15)21-11-19-13-24-20(14-23(19)25-21)12-22(26-24)18-8-4-6-16(2)10-18/h3-14H,1-2H3. The lowest BCUT2D eigenvalue weighted by molar-refractivity contribution is 1.48. The predicted molar refractivity (Wildman–Crippen MR) is 118 cm³/mol. The Balaban J connectivity index is 1.63. The van der Waals surface area contributed by atoms with E-state index in [4.69, 9.17) is 0 Å². The molecular weight excluding hydrogens is 352 g/mol. The molecule has 0 radical (unpaired) electrons. The van der Waals surface area contributed by atoms with E-state index in [0.29, 0.717) is 0 Å². The van der Waals surface area contributed by atoms with E-state index in [2.05, 4.69) is 86.6 Å². The van der Waals surface area contributed by atoms with Crippen LogP contribution in [0, 0.1) is 13.8 Å². The number of benzene rings is 3. The van der Waals surface area contributed by atoms with Gasteiger partial charge in [-0.2, -0.15) is 0 Å². The van der Waals surface area contributed by atoms with Crippen molar-refractivity contribution in [2.45, 2.75) is 13.8 Å². The van der Waals surface area contributed by atoms with Gasteiger partial charge in [0.25, 0.3) is 0 Å². The first-order valence-corrected chi connectivity index (χ1v) is 10.4. The van der Waals surface area contributed by atoms with Gasteiger partial charge in [0.05, 0.1) is 0 Å². The van der Waals surface area contributed by atoms with Crippen LogP contribution >= 0.6 is 22.7 Å². The lowest BCUT2D eigenvalue weighted by Gasteiger charge is -1.98. The zero-order valence-electron chi connectivity index (χ0n) is 14.7. The average molecular weight is 371 g/mol. The van der Waals surface area contributed by atoms with Crippen molar-refractivity contribution in [2.24, 2.45) is 0 Å². The average Bonchev–Trinajstić information content (AvgIpc) is 3.22. The summed E-state index contributed by atoms with van der Waals surface area (Å²) in [5.41, 5.74) is 5.25. The molecule has 0 N–H and O–H groups in total. The Morgan fingerprint density at radius 3 is 1.42 bits per heavy atom. The number of fused-ring (bicyclic) bond motifs is 2. The maximum Gasteiger partial charge on any atom is 0.0356 e. The summed E-state index contributed by atoms with van der Waals surface area (Å²) in [6.07, 6.45) is 0. The van der Waals surface area contributed by atoms with E-state index in [0.717, 1.165) is 0 Å². The molecule has 0 aliphatic carbocycles. The molecule has 2 heterocycles. The fourth-order valence-electron chi connectivity index (χ4n) is 3.45. The van der Waals surface area contributed by atoms with Crippen LogP contribution in [0.5, 0.6) is 0 Å². The predicted octanol–water partition coefficient (Wildman–Crippen LogP) is 8.07. The highest BCUT2D eigenvalue weighted by Gasteiger charge is 2.09. The van der Waals surface area contributed by atoms with Gasteiger partial charge < -0.3 is 0 Å². The summed E-state index contributed by atoms with van der Waals surface area (Å²) in [4.78, 5) is 2.69. The van der Waals surface area contributed by atoms with Gasteiger partial charge in [-0.05, 0) is 60.0 Å². The maximum absolute atomic E-state index is 2.35. The molecule has 0 aliphatic rings. The Labute approximate surface area is 161 Å². The van der Waals surface area contributed by atoms with Crippen molar-refractivity contribution < 1.29 is 0 Å². The van der Waals surface area contributed by atoms with Gasteiger partial charge in [-0.25, -0.2) is 0 Å². The van der Waals surface area contributed by atoms with Crippen molar-refractivity contribution in [1.82, 2.24) is 0 Å². The van der Waals surface area contributed by atoms with Crippen molar-refractivity contribution in [3.05, 3.63) is 83.9 Å². The molecule has 0 nitrogen and oxygen atoms in total. The summed E-state index contributed by atoms with van der Waals surface area (Å²) < 4.78 is 2.73. The largest absolute Gasteiger partial charge is 0.135 e. The van der Waals surface area contributed by atoms with Gasteiger partial charge in [0.2, 0.25) is 0 Å². The smallest absolute Gasteiger partial charge is 0.0356 e. The maximum atomic E-state index is 2.35. The monoisotopic (exact) mass is 370 g/mol. The van der Waals surface area contributed by atoms with Gasteiger partial charge in [0, 0.05) is 19.2 Å². The third-order valence-corrected chi connectivity index (χ3v) is 7.05. The second-order valence-electron chi connectivity index (χ2n) is 6.89. The van der Waals surface area contributed by atoms with E-state index >= 15 is 0 Å². The Morgan fingerprint density at radius 1 is 0.538 bits per heavy atom. The zero-order valence-corrected chi connectivity index (χ0v) is 16.4. The van der Waals surface area contributed by atoms with E-state index in [1.807, 2.05) is 22.7 Å². The highest BCUT2D eigenvalue weighted by Crippen LogP contribution is 2.40. The van der Waals surface area contributed by atoms with Crippen molar-refractivity contribution in [3.63, 3.8) is 0 Å². The molecule has 0 fully saturated rings. The Morgan fingerprint density at radius 2 is 1.00 bits per heavy atom. The molecule has 0 unspecified atom stereocenters. The van der Waals surface area contributed by atoms with E-state index in [1.54, 1.807) is 0 Å². The molecule has 0 bridgehead atoms. The molecule has 0 atom stereocenters. The van der Waals surface area contributed by atoms with Crippen molar-refractivity contribution >= 4 is 42.8 Å². The van der Waals surface area contributed by atoms with E-state index in [1.165, 1.54) is 52.2 Å². The molecule has 126 valence electrons. The van der Waals surface area contributed by atoms with Crippen LogP contribution in [0.25, 0.3) is 41.1 Å². The van der Waals surface area contributed by atoms with Gasteiger partial charge in [0.1, 0.15) is 0 Å². The number of rotatable bonds is 2. The summed E-state index contributed by atoms with van der Waals surface area (Å²) in [7, 11) is 0. The van der Waals surface area contributed by atoms with Crippen molar-refractivity contribution in [1.29, 1.82) is 0 Å². The minimum absolute atomic E-state index is 1.31. The minimum Gasteiger partial charge on any atom is -0.135 e. The third-order valence-electron chi connectivity index (χ3n) is 4.76. The molecule has 0 amide bonds. The van der Waals surface area contributed by atoms with Gasteiger partial charge in [-0.15, -0.1) is 22.7 Å². The van der Waals surface area contributed by atoms with E-state index in [-0.39, 0.29) is 0 Å². The highest BCUT2D eigenvalue weighted by atomic mass is 32.1. The number of aryl methyl sites for hydroxylation is 2. The van der Waals surface area contributed by atoms with Crippen LogP contribution in [-0.2, 0) is 0 Å². The van der Waals surface area contributed by atoms with Crippen LogP contribution in [0.4, 0.5) is 0 Å². The van der Waals surface area contributed by atoms with Crippen molar-refractivity contribution in [3.8, 4) is 20.9 Å². The first-order chi connectivity index (χ1) is 12.7. The Kier molecular flexibility index (Phi) is 3.70. The van der Waals surface area contributed by atoms with Crippen LogP contribution in [0.3, 0.4) is 0 Å². The summed E-state index contributed by atoms with van der Waals surface area (Å²) in [6, 6.07) is 26.9. The van der Waals surface area contributed by atoms with Gasteiger partial charge >= 0.3 is 0 Å². The lowest BCUT2D eigenvalue weighted by atomic mass is 10.1. The van der Waals surface area contributed by atoms with Crippen LogP contribution in [0.1, 0.15) is 11.1 Å². The molecule has 2 aromatic heterocycles. The molecule has 0 aliphatic heterocycles. The van der Waals surface area contributed by atoms with E-state index < -0.39 is 0 Å². The Bertz CT molecular complexity index is 1110. The molecule has 5 aromatic rings. The fourth-order valence-corrected chi connectivity index (χ4v) is 5.63. The molecule has 0 saturated carbocycles. The summed E-state index contributed by atoms with van der Waals surface area (Å²) in [5, 5.41) is 2.69. The molecule has 2 heteroatoms. The Hall–Kier alpha value is -2.42. The number of thiophene rings is 2. The summed E-state index contributed by atoms with van der Waals surface area (Å²) >= 11 is 3.77. The summed E-state index contributed by atoms with van der Waals surface area (Å²) in [5.74, 6) is 0. The second-order valence-corrected chi connectivity index (χ2v) is 9.06. The summed E-state index contributed by atoms with van der Waals surface area (Å²) in [6.45, 7) is 4.30. The van der Waals surface area contributed by atoms with Crippen molar-refractivity contribution in [2.75, 3.05) is 0 Å². The van der Waals surface area contributed by atoms with Gasteiger partial charge in [-0.3, -0.25) is 0 Å². The third kappa shape index (κ3) is 2.76. The van der Waals surface area contributed by atoms with E-state index in [9.17, 15) is 0 Å². The molecule has 0 spiro atoms. The molecule has 5 rings (SSSR count). The normalized spacial score (nSPS) is 11.5. The molecule has 3 aromatic carbocycles. The molecule has 26 heavy (non-hydrogen) atoms. The first-order valence-electron chi connectivity index (χ1n) is 8.77. The zero-order chi connectivity index (χ0) is 17.7. The first kappa shape index (κ1) is 15.8. The lowest BCUT2D eigenvalue weighted by Crippen LogP contribution is -1.73. The van der Waals surface area contributed by atoms with Crippen LogP contribution < -0.4 is 0 Å². The molecular formula is C24H18S2. The number of hydrogen-bond acceptors (Lipinski definition) is 2. The second kappa shape index (κ2) is 6.08. The SMILES string of the molecule is Cc1cccc(-c2cc3cc4sc(-c5cccc(C)c5)cc4cc3s2)c1. The van der Waals surface area contributed by atoms with Crippen LogP contribution in [0.15, 0.2) is 72.8 Å². The quantitative estimate of drug-likeness (QED) is 0.295. The fraction of sp³-hybridized carbons (Fsp3) is 0.0833. The van der Waals surface area contributed by atoms with Gasteiger partial charge in [-0.1, -0.05) is 59.7 Å². The minimum atomic E-state index is 1.31. The number of hydrogen-bond donors (Lipinski definition) is 0. The molecule has 0 saturated heterocycles. The van der Waals surface area contributed by atoms with Crippen LogP contribution in [-0.4, -0.2) is 0 Å². The van der Waals surface area contributed by atoms with Gasteiger partial charge in [0.15, 0.2) is 0 Å². The van der Waals surface area contributed by atoms with Crippen LogP contribution in [0.2, 0.25) is 0 Å².